The lowest BCUT2D eigenvalue weighted by atomic mass is 9.81. The molecule has 0 heterocycles. The molecule has 110 valence electrons. The van der Waals surface area contributed by atoms with Crippen LogP contribution in [-0.2, 0) is 11.3 Å². The van der Waals surface area contributed by atoms with Gasteiger partial charge in [-0.15, -0.1) is 0 Å². The average Bonchev–Trinajstić information content (AvgIpc) is 2.49. The first-order valence-electron chi connectivity index (χ1n) is 7.60. The number of aryl methyl sites for hydroxylation is 1. The van der Waals surface area contributed by atoms with E-state index in [9.17, 15) is 4.79 Å². The van der Waals surface area contributed by atoms with Crippen molar-refractivity contribution in [3.63, 3.8) is 0 Å². The second-order valence-corrected chi connectivity index (χ2v) is 6.13. The van der Waals surface area contributed by atoms with E-state index in [4.69, 9.17) is 5.73 Å². The number of carbonyl (C=O) groups is 1. The number of nitrogens with two attached hydrogens (primary N) is 1. The number of nitrogens with zero attached hydrogens (tertiary/aromatic N) is 1. The molecule has 1 aromatic carbocycles. The van der Waals surface area contributed by atoms with Crippen LogP contribution in [0.4, 0.5) is 0 Å². The maximum atomic E-state index is 12.5. The van der Waals surface area contributed by atoms with E-state index in [0.29, 0.717) is 18.4 Å². The molecule has 3 heteroatoms. The molecule has 2 N–H and O–H groups in total. The van der Waals surface area contributed by atoms with E-state index in [1.165, 1.54) is 11.1 Å². The summed E-state index contributed by atoms with van der Waals surface area (Å²) in [5, 5.41) is 0. The minimum atomic E-state index is 0.202. The Bertz CT molecular complexity index is 433. The molecule has 1 aromatic rings. The van der Waals surface area contributed by atoms with Gasteiger partial charge in [0, 0.05) is 19.5 Å². The van der Waals surface area contributed by atoms with E-state index in [1.54, 1.807) is 0 Å². The van der Waals surface area contributed by atoms with Crippen LogP contribution in [0.5, 0.6) is 0 Å². The van der Waals surface area contributed by atoms with E-state index in [2.05, 4.69) is 31.2 Å². The van der Waals surface area contributed by atoms with Gasteiger partial charge in [-0.05, 0) is 50.6 Å². The third-order valence-electron chi connectivity index (χ3n) is 4.45. The van der Waals surface area contributed by atoms with Crippen LogP contribution in [0.25, 0.3) is 0 Å². The Kier molecular flexibility index (Phi) is 5.18. The summed E-state index contributed by atoms with van der Waals surface area (Å²) < 4.78 is 0. The Labute approximate surface area is 122 Å². The monoisotopic (exact) mass is 274 g/mol. The third-order valence-corrected chi connectivity index (χ3v) is 4.45. The largest absolute Gasteiger partial charge is 0.341 e. The van der Waals surface area contributed by atoms with Crippen LogP contribution in [0, 0.1) is 18.8 Å². The lowest BCUT2D eigenvalue weighted by molar-refractivity contribution is -0.136. The maximum absolute atomic E-state index is 12.5. The van der Waals surface area contributed by atoms with Gasteiger partial charge in [0.25, 0.3) is 0 Å². The van der Waals surface area contributed by atoms with Crippen molar-refractivity contribution in [3.05, 3.63) is 35.4 Å². The summed E-state index contributed by atoms with van der Waals surface area (Å²) >= 11 is 0. The molecule has 1 saturated carbocycles. The van der Waals surface area contributed by atoms with E-state index < -0.39 is 0 Å². The Morgan fingerprint density at radius 2 is 1.80 bits per heavy atom. The van der Waals surface area contributed by atoms with E-state index >= 15 is 0 Å². The summed E-state index contributed by atoms with van der Waals surface area (Å²) in [6.07, 6.45) is 4.20. The molecule has 0 bridgehead atoms. The number of benzene rings is 1. The van der Waals surface area contributed by atoms with Gasteiger partial charge in [0.15, 0.2) is 0 Å². The Hall–Kier alpha value is -1.35. The molecule has 0 aliphatic heterocycles. The number of amides is 1. The molecule has 3 nitrogen and oxygen atoms in total. The van der Waals surface area contributed by atoms with Gasteiger partial charge in [-0.25, -0.2) is 0 Å². The average molecular weight is 274 g/mol. The summed E-state index contributed by atoms with van der Waals surface area (Å²) in [7, 11) is 1.91. The van der Waals surface area contributed by atoms with Gasteiger partial charge in [-0.2, -0.15) is 0 Å². The van der Waals surface area contributed by atoms with Crippen LogP contribution in [-0.4, -0.2) is 24.4 Å². The molecule has 2 rings (SSSR count). The fourth-order valence-corrected chi connectivity index (χ4v) is 3.00. The number of rotatable bonds is 4. The zero-order valence-electron chi connectivity index (χ0n) is 12.6. The number of hydrogen-bond acceptors (Lipinski definition) is 2. The molecule has 20 heavy (non-hydrogen) atoms. The fraction of sp³-hybridized carbons (Fsp3) is 0.588. The van der Waals surface area contributed by atoms with Crippen molar-refractivity contribution in [1.82, 2.24) is 4.90 Å². The van der Waals surface area contributed by atoms with Gasteiger partial charge in [-0.1, -0.05) is 29.8 Å². The van der Waals surface area contributed by atoms with Gasteiger partial charge < -0.3 is 10.6 Å². The smallest absolute Gasteiger partial charge is 0.225 e. The van der Waals surface area contributed by atoms with Gasteiger partial charge in [0.1, 0.15) is 0 Å². The highest BCUT2D eigenvalue weighted by Crippen LogP contribution is 2.29. The topological polar surface area (TPSA) is 46.3 Å². The van der Waals surface area contributed by atoms with Crippen LogP contribution < -0.4 is 5.73 Å². The molecule has 0 saturated heterocycles. The standard InChI is InChI=1S/C17H26N2O/c1-13-3-5-15(6-4-13)12-19(2)17(20)16-9-7-14(11-18)8-10-16/h3-6,14,16H,7-12,18H2,1-2H3. The molecule has 1 aliphatic carbocycles. The van der Waals surface area contributed by atoms with Crippen molar-refractivity contribution in [2.45, 2.75) is 39.2 Å². The van der Waals surface area contributed by atoms with Crippen LogP contribution in [0.2, 0.25) is 0 Å². The Morgan fingerprint density at radius 1 is 1.20 bits per heavy atom. The van der Waals surface area contributed by atoms with Crippen LogP contribution in [0.15, 0.2) is 24.3 Å². The summed E-state index contributed by atoms with van der Waals surface area (Å²) in [4.78, 5) is 14.3. The minimum Gasteiger partial charge on any atom is -0.341 e. The second-order valence-electron chi connectivity index (χ2n) is 6.13. The van der Waals surface area contributed by atoms with Gasteiger partial charge in [0.2, 0.25) is 5.91 Å². The summed E-state index contributed by atoms with van der Waals surface area (Å²) in [5.41, 5.74) is 8.15. The molecule has 1 aliphatic rings. The SMILES string of the molecule is Cc1ccc(CN(C)C(=O)C2CCC(CN)CC2)cc1. The zero-order valence-corrected chi connectivity index (χ0v) is 12.6. The fourth-order valence-electron chi connectivity index (χ4n) is 3.00. The van der Waals surface area contributed by atoms with E-state index in [1.807, 2.05) is 11.9 Å². The minimum absolute atomic E-state index is 0.202. The number of carbonyl (C=O) groups excluding carboxylic acids is 1. The molecule has 0 spiro atoms. The van der Waals surface area contributed by atoms with Crippen molar-refractivity contribution < 1.29 is 4.79 Å². The van der Waals surface area contributed by atoms with Crippen LogP contribution in [0.3, 0.4) is 0 Å². The number of hydrogen-bond donors (Lipinski definition) is 1. The van der Waals surface area contributed by atoms with Crippen molar-refractivity contribution in [1.29, 1.82) is 0 Å². The molecular formula is C17H26N2O. The van der Waals surface area contributed by atoms with Crippen molar-refractivity contribution in [2.24, 2.45) is 17.6 Å². The first-order valence-corrected chi connectivity index (χ1v) is 7.60. The first-order chi connectivity index (χ1) is 9.60. The van der Waals surface area contributed by atoms with Gasteiger partial charge in [0.05, 0.1) is 0 Å². The van der Waals surface area contributed by atoms with Gasteiger partial charge in [-0.3, -0.25) is 4.79 Å². The van der Waals surface area contributed by atoms with Crippen molar-refractivity contribution in [3.8, 4) is 0 Å². The normalized spacial score (nSPS) is 22.6. The lowest BCUT2D eigenvalue weighted by Gasteiger charge is -2.30. The zero-order chi connectivity index (χ0) is 14.5. The molecular weight excluding hydrogens is 248 g/mol. The summed E-state index contributed by atoms with van der Waals surface area (Å²) in [6, 6.07) is 8.40. The second kappa shape index (κ2) is 6.89. The van der Waals surface area contributed by atoms with E-state index in [0.717, 1.165) is 32.2 Å². The lowest BCUT2D eigenvalue weighted by Crippen LogP contribution is -2.35. The summed E-state index contributed by atoms with van der Waals surface area (Å²) in [5.74, 6) is 1.12. The van der Waals surface area contributed by atoms with Crippen molar-refractivity contribution >= 4 is 5.91 Å². The maximum Gasteiger partial charge on any atom is 0.225 e. The van der Waals surface area contributed by atoms with E-state index in [-0.39, 0.29) is 5.92 Å². The van der Waals surface area contributed by atoms with Crippen molar-refractivity contribution in [2.75, 3.05) is 13.6 Å². The first kappa shape index (κ1) is 15.0. The predicted octanol–water partition coefficient (Wildman–Crippen LogP) is 2.72. The summed E-state index contributed by atoms with van der Waals surface area (Å²) in [6.45, 7) is 3.55. The quantitative estimate of drug-likeness (QED) is 0.917. The molecule has 0 aromatic heterocycles. The molecule has 0 atom stereocenters. The molecule has 1 fully saturated rings. The van der Waals surface area contributed by atoms with Gasteiger partial charge >= 0.3 is 0 Å². The van der Waals surface area contributed by atoms with Crippen LogP contribution in [0.1, 0.15) is 36.8 Å². The Balaban J connectivity index is 1.87. The Morgan fingerprint density at radius 3 is 2.35 bits per heavy atom. The van der Waals surface area contributed by atoms with Crippen LogP contribution >= 0.6 is 0 Å². The highest BCUT2D eigenvalue weighted by molar-refractivity contribution is 5.78. The molecule has 1 amide bonds. The highest BCUT2D eigenvalue weighted by Gasteiger charge is 2.27. The third kappa shape index (κ3) is 3.83. The molecule has 0 unspecified atom stereocenters. The predicted molar refractivity (Wildman–Crippen MR) is 82.2 cm³/mol. The molecule has 0 radical (unpaired) electrons. The highest BCUT2D eigenvalue weighted by atomic mass is 16.2.